The average Bonchev–Trinajstić information content (AvgIpc) is 2.10. The van der Waals surface area contributed by atoms with E-state index < -0.39 is 0 Å². The molecule has 0 aliphatic carbocycles. The number of nitrogens with zero attached hydrogens (tertiary/aromatic N) is 1. The van der Waals surface area contributed by atoms with Crippen molar-refractivity contribution in [3.8, 4) is 6.08 Å². The zero-order valence-corrected chi connectivity index (χ0v) is 6.38. The Morgan fingerprint density at radius 1 is 1.50 bits per heavy atom. The minimum atomic E-state index is -0.235. The van der Waals surface area contributed by atoms with Crippen molar-refractivity contribution in [3.63, 3.8) is 0 Å². The van der Waals surface area contributed by atoms with Crippen LogP contribution in [0.25, 0.3) is 0 Å². The summed E-state index contributed by atoms with van der Waals surface area (Å²) in [6, 6.07) is 0. The minimum Gasteiger partial charge on any atom is -0.466 e. The van der Waals surface area contributed by atoms with Gasteiger partial charge in [-0.3, -0.25) is 0 Å². The largest absolute Gasteiger partial charge is 0.466 e. The Hall–Kier alpha value is -0.990. The molecule has 0 aliphatic rings. The lowest BCUT2D eigenvalue weighted by molar-refractivity contribution is 0.299. The van der Waals surface area contributed by atoms with Gasteiger partial charge in [0.25, 0.3) is 0 Å². The molecule has 3 heteroatoms. The van der Waals surface area contributed by atoms with Crippen LogP contribution in [-0.2, 0) is 0 Å². The Kier molecular flexibility index (Phi) is 1.66. The van der Waals surface area contributed by atoms with Crippen LogP contribution in [0.4, 0.5) is 0 Å². The van der Waals surface area contributed by atoms with E-state index >= 15 is 0 Å². The molecule has 0 bridgehead atoms. The summed E-state index contributed by atoms with van der Waals surface area (Å²) >= 11 is 0. The molecule has 0 saturated heterocycles. The molecule has 0 fully saturated rings. The van der Waals surface area contributed by atoms with Crippen LogP contribution < -0.4 is 0 Å². The number of aryl methyl sites for hydroxylation is 1. The fraction of sp³-hybridized carbons (Fsp3) is 0.571. The van der Waals surface area contributed by atoms with Gasteiger partial charge in [-0.15, -0.1) is 0 Å². The van der Waals surface area contributed by atoms with Crippen LogP contribution in [0.2, 0.25) is 0 Å². The van der Waals surface area contributed by atoms with Crippen molar-refractivity contribution in [3.05, 3.63) is 11.5 Å². The van der Waals surface area contributed by atoms with Crippen molar-refractivity contribution in [1.82, 2.24) is 4.98 Å². The van der Waals surface area contributed by atoms with Crippen molar-refractivity contribution in [2.45, 2.75) is 26.7 Å². The van der Waals surface area contributed by atoms with Crippen molar-refractivity contribution < 1.29 is 9.52 Å². The molecule has 0 aliphatic heterocycles. The van der Waals surface area contributed by atoms with Gasteiger partial charge < -0.3 is 9.52 Å². The van der Waals surface area contributed by atoms with Crippen LogP contribution in [-0.4, -0.2) is 10.1 Å². The molecular weight excluding hydrogens is 130 g/mol. The summed E-state index contributed by atoms with van der Waals surface area (Å²) in [5.74, 6) is 1.05. The van der Waals surface area contributed by atoms with E-state index in [0.717, 1.165) is 11.5 Å². The average molecular weight is 141 g/mol. The number of aromatic nitrogens is 1. The quantitative estimate of drug-likeness (QED) is 0.648. The van der Waals surface area contributed by atoms with E-state index in [1.54, 1.807) is 0 Å². The second-order valence-corrected chi connectivity index (χ2v) is 2.60. The Balaban J connectivity index is 3.03. The molecule has 0 saturated carbocycles. The molecule has 0 radical (unpaired) electrons. The van der Waals surface area contributed by atoms with Gasteiger partial charge in [-0.2, -0.15) is 4.98 Å². The summed E-state index contributed by atoms with van der Waals surface area (Å²) in [4.78, 5) is 3.72. The molecule has 1 aromatic rings. The summed E-state index contributed by atoms with van der Waals surface area (Å²) in [7, 11) is 0. The van der Waals surface area contributed by atoms with Crippen LogP contribution >= 0.6 is 0 Å². The summed E-state index contributed by atoms with van der Waals surface area (Å²) in [6.07, 6.45) is -0.235. The monoisotopic (exact) mass is 141 g/mol. The molecule has 0 unspecified atom stereocenters. The molecule has 56 valence electrons. The number of hydrogen-bond donors (Lipinski definition) is 1. The molecule has 1 rings (SSSR count). The van der Waals surface area contributed by atoms with Crippen LogP contribution in [0, 0.1) is 6.92 Å². The highest BCUT2D eigenvalue weighted by atomic mass is 16.5. The first kappa shape index (κ1) is 7.12. The number of oxazole rings is 1. The van der Waals surface area contributed by atoms with E-state index in [2.05, 4.69) is 4.98 Å². The van der Waals surface area contributed by atoms with Crippen LogP contribution in [0.5, 0.6) is 6.08 Å². The minimum absolute atomic E-state index is 0.235. The second-order valence-electron chi connectivity index (χ2n) is 2.60. The van der Waals surface area contributed by atoms with Crippen molar-refractivity contribution in [2.75, 3.05) is 0 Å². The Morgan fingerprint density at radius 3 is 2.30 bits per heavy atom. The first-order valence-electron chi connectivity index (χ1n) is 3.27. The van der Waals surface area contributed by atoms with E-state index in [0.29, 0.717) is 0 Å². The molecule has 0 aromatic carbocycles. The van der Waals surface area contributed by atoms with Crippen molar-refractivity contribution in [1.29, 1.82) is 0 Å². The fourth-order valence-electron chi connectivity index (χ4n) is 0.929. The van der Waals surface area contributed by atoms with Gasteiger partial charge in [0.05, 0.1) is 5.69 Å². The number of rotatable bonds is 1. The summed E-state index contributed by atoms with van der Waals surface area (Å²) in [6.45, 7) is 5.80. The van der Waals surface area contributed by atoms with E-state index in [-0.39, 0.29) is 12.0 Å². The lowest BCUT2D eigenvalue weighted by Crippen LogP contribution is -1.86. The molecule has 0 atom stereocenters. The molecule has 1 N–H and O–H groups in total. The van der Waals surface area contributed by atoms with Crippen LogP contribution in [0.3, 0.4) is 0 Å². The zero-order valence-electron chi connectivity index (χ0n) is 6.38. The Labute approximate surface area is 59.7 Å². The maximum absolute atomic E-state index is 8.80. The maximum atomic E-state index is 8.80. The molecule has 3 nitrogen and oxygen atoms in total. The smallest absolute Gasteiger partial charge is 0.391 e. The van der Waals surface area contributed by atoms with E-state index in [1.807, 2.05) is 20.8 Å². The molecule has 10 heavy (non-hydrogen) atoms. The van der Waals surface area contributed by atoms with Crippen LogP contribution in [0.1, 0.15) is 31.2 Å². The van der Waals surface area contributed by atoms with Gasteiger partial charge in [0.1, 0.15) is 5.76 Å². The molecule has 0 spiro atoms. The maximum Gasteiger partial charge on any atom is 0.391 e. The normalized spacial score (nSPS) is 10.8. The standard InChI is InChI=1S/C7H11NO2/c1-4(2)6-5(3)8-7(9)10-6/h4H,1-3H3,(H,8,9). The van der Waals surface area contributed by atoms with Crippen LogP contribution in [0.15, 0.2) is 4.42 Å². The fourth-order valence-corrected chi connectivity index (χ4v) is 0.929. The first-order chi connectivity index (χ1) is 4.61. The lowest BCUT2D eigenvalue weighted by Gasteiger charge is -1.97. The first-order valence-corrected chi connectivity index (χ1v) is 3.27. The highest BCUT2D eigenvalue weighted by Crippen LogP contribution is 2.22. The summed E-state index contributed by atoms with van der Waals surface area (Å²) in [5, 5.41) is 8.80. The molecule has 1 heterocycles. The third kappa shape index (κ3) is 1.12. The third-order valence-electron chi connectivity index (χ3n) is 1.35. The number of aromatic hydroxyl groups is 1. The summed E-state index contributed by atoms with van der Waals surface area (Å²) < 4.78 is 4.92. The van der Waals surface area contributed by atoms with Gasteiger partial charge >= 0.3 is 6.08 Å². The predicted octanol–water partition coefficient (Wildman–Crippen LogP) is 1.81. The number of hydrogen-bond acceptors (Lipinski definition) is 3. The SMILES string of the molecule is Cc1nc(O)oc1C(C)C. The van der Waals surface area contributed by atoms with Crippen molar-refractivity contribution >= 4 is 0 Å². The third-order valence-corrected chi connectivity index (χ3v) is 1.35. The van der Waals surface area contributed by atoms with Gasteiger partial charge in [0.15, 0.2) is 0 Å². The topological polar surface area (TPSA) is 46.3 Å². The van der Waals surface area contributed by atoms with Gasteiger partial charge in [0.2, 0.25) is 0 Å². The van der Waals surface area contributed by atoms with Gasteiger partial charge in [-0.25, -0.2) is 0 Å². The lowest BCUT2D eigenvalue weighted by atomic mass is 10.1. The van der Waals surface area contributed by atoms with Gasteiger partial charge in [-0.1, -0.05) is 13.8 Å². The van der Waals surface area contributed by atoms with E-state index in [1.165, 1.54) is 0 Å². The summed E-state index contributed by atoms with van der Waals surface area (Å²) in [5.41, 5.74) is 0.771. The molecule has 1 aromatic heterocycles. The Bertz CT molecular complexity index is 228. The molecule has 0 amide bonds. The highest BCUT2D eigenvalue weighted by molar-refractivity contribution is 5.12. The van der Waals surface area contributed by atoms with E-state index in [9.17, 15) is 0 Å². The predicted molar refractivity (Wildman–Crippen MR) is 37.0 cm³/mol. The molecular formula is C7H11NO2. The van der Waals surface area contributed by atoms with Gasteiger partial charge in [-0.05, 0) is 6.92 Å². The zero-order chi connectivity index (χ0) is 7.72. The second kappa shape index (κ2) is 2.33. The van der Waals surface area contributed by atoms with Gasteiger partial charge in [0, 0.05) is 5.92 Å². The van der Waals surface area contributed by atoms with E-state index in [4.69, 9.17) is 9.52 Å². The van der Waals surface area contributed by atoms with Crippen molar-refractivity contribution in [2.24, 2.45) is 0 Å². The highest BCUT2D eigenvalue weighted by Gasteiger charge is 2.10. The Morgan fingerprint density at radius 2 is 2.10 bits per heavy atom.